The summed E-state index contributed by atoms with van der Waals surface area (Å²) in [5, 5.41) is 0. The predicted molar refractivity (Wildman–Crippen MR) is 104 cm³/mol. The third kappa shape index (κ3) is 10.2. The number of unbranched alkanes of at least 4 members (excludes halogenated alkanes) is 5. The molecule has 0 unspecified atom stereocenters. The lowest BCUT2D eigenvalue weighted by atomic mass is 9.91. The van der Waals surface area contributed by atoms with Gasteiger partial charge in [-0.15, -0.1) is 0 Å². The zero-order valence-electron chi connectivity index (χ0n) is 16.8. The minimum atomic E-state index is -0.306. The Bertz CT molecular complexity index is 558. The van der Waals surface area contributed by atoms with Crippen molar-refractivity contribution < 1.29 is 19.1 Å². The van der Waals surface area contributed by atoms with E-state index in [1.54, 1.807) is 24.3 Å². The lowest BCUT2D eigenvalue weighted by Crippen LogP contribution is -2.14. The first kappa shape index (κ1) is 22.2. The lowest BCUT2D eigenvalue weighted by molar-refractivity contribution is -0.137. The molecule has 4 heteroatoms. The van der Waals surface area contributed by atoms with Crippen LogP contribution in [-0.2, 0) is 9.59 Å². The molecule has 0 N–H and O–H groups in total. The summed E-state index contributed by atoms with van der Waals surface area (Å²) in [5.74, 6) is 0.0355. The highest BCUT2D eigenvalue weighted by Crippen LogP contribution is 2.28. The highest BCUT2D eigenvalue weighted by molar-refractivity contribution is 5.76. The monoisotopic (exact) mass is 362 g/mol. The second-order valence-corrected chi connectivity index (χ2v) is 7.97. The van der Waals surface area contributed by atoms with Crippen LogP contribution >= 0.6 is 0 Å². The molecule has 0 aliphatic heterocycles. The standard InChI is InChI=1S/C22H34O4/c1-5-6-7-8-9-10-15-20(23)25-18-13-11-12-14-19(18)26-21(24)16-17-22(2,3)4/h11-14H,5-10,15-17H2,1-4H3. The quantitative estimate of drug-likeness (QED) is 0.272. The molecule has 1 aromatic rings. The Labute approximate surface area is 158 Å². The number of rotatable bonds is 11. The third-order valence-corrected chi connectivity index (χ3v) is 4.11. The van der Waals surface area contributed by atoms with E-state index in [9.17, 15) is 9.59 Å². The van der Waals surface area contributed by atoms with Crippen molar-refractivity contribution >= 4 is 11.9 Å². The molecule has 0 heterocycles. The fraction of sp³-hybridized carbons (Fsp3) is 0.636. The van der Waals surface area contributed by atoms with E-state index in [1.807, 2.05) is 0 Å². The fourth-order valence-electron chi connectivity index (χ4n) is 2.49. The zero-order chi connectivity index (χ0) is 19.4. The van der Waals surface area contributed by atoms with Crippen LogP contribution in [0.5, 0.6) is 11.5 Å². The normalized spacial score (nSPS) is 11.2. The number of carbonyl (C=O) groups excluding carboxylic acids is 2. The van der Waals surface area contributed by atoms with Crippen molar-refractivity contribution in [2.75, 3.05) is 0 Å². The van der Waals surface area contributed by atoms with Gasteiger partial charge in [-0.1, -0.05) is 71.9 Å². The van der Waals surface area contributed by atoms with Crippen LogP contribution in [-0.4, -0.2) is 11.9 Å². The Kier molecular flexibility index (Phi) is 10.0. The van der Waals surface area contributed by atoms with Crippen LogP contribution in [0.4, 0.5) is 0 Å². The van der Waals surface area contributed by atoms with Crippen molar-refractivity contribution in [2.45, 2.75) is 85.5 Å². The van der Waals surface area contributed by atoms with Crippen LogP contribution < -0.4 is 9.47 Å². The Hall–Kier alpha value is -1.84. The van der Waals surface area contributed by atoms with E-state index in [0.717, 1.165) is 25.7 Å². The number of hydrogen-bond acceptors (Lipinski definition) is 4. The maximum Gasteiger partial charge on any atom is 0.311 e. The highest BCUT2D eigenvalue weighted by atomic mass is 16.6. The van der Waals surface area contributed by atoms with Crippen molar-refractivity contribution in [2.24, 2.45) is 5.41 Å². The molecule has 0 atom stereocenters. The van der Waals surface area contributed by atoms with Gasteiger partial charge in [-0.2, -0.15) is 0 Å². The number of benzene rings is 1. The molecule has 0 fully saturated rings. The van der Waals surface area contributed by atoms with Crippen LogP contribution in [0.2, 0.25) is 0 Å². The maximum atomic E-state index is 12.0. The van der Waals surface area contributed by atoms with Crippen LogP contribution in [0.15, 0.2) is 24.3 Å². The van der Waals surface area contributed by atoms with Gasteiger partial charge in [0.25, 0.3) is 0 Å². The summed E-state index contributed by atoms with van der Waals surface area (Å²) >= 11 is 0. The molecule has 0 spiro atoms. The number of hydrogen-bond donors (Lipinski definition) is 0. The SMILES string of the molecule is CCCCCCCCC(=O)Oc1ccccc1OC(=O)CCC(C)(C)C. The summed E-state index contributed by atoms with van der Waals surface area (Å²) in [6, 6.07) is 6.84. The van der Waals surface area contributed by atoms with Gasteiger partial charge in [-0.05, 0) is 30.4 Å². The minimum Gasteiger partial charge on any atom is -0.423 e. The largest absolute Gasteiger partial charge is 0.423 e. The summed E-state index contributed by atoms with van der Waals surface area (Å²) in [7, 11) is 0. The van der Waals surface area contributed by atoms with E-state index in [0.29, 0.717) is 24.3 Å². The average molecular weight is 363 g/mol. The van der Waals surface area contributed by atoms with Crippen molar-refractivity contribution in [3.8, 4) is 11.5 Å². The summed E-state index contributed by atoms with van der Waals surface area (Å²) in [6.07, 6.45) is 8.18. The fourth-order valence-corrected chi connectivity index (χ4v) is 2.49. The second kappa shape index (κ2) is 11.7. The van der Waals surface area contributed by atoms with Crippen LogP contribution in [0.1, 0.15) is 85.5 Å². The van der Waals surface area contributed by atoms with E-state index in [4.69, 9.17) is 9.47 Å². The van der Waals surface area contributed by atoms with Gasteiger partial charge >= 0.3 is 11.9 Å². The van der Waals surface area contributed by atoms with E-state index in [1.165, 1.54) is 19.3 Å². The van der Waals surface area contributed by atoms with Gasteiger partial charge in [0.2, 0.25) is 0 Å². The number of esters is 2. The molecule has 0 aromatic heterocycles. The van der Waals surface area contributed by atoms with E-state index < -0.39 is 0 Å². The molecule has 0 aliphatic rings. The van der Waals surface area contributed by atoms with Crippen LogP contribution in [0, 0.1) is 5.41 Å². The van der Waals surface area contributed by atoms with Gasteiger partial charge in [0.15, 0.2) is 11.5 Å². The van der Waals surface area contributed by atoms with Gasteiger partial charge in [0.05, 0.1) is 0 Å². The topological polar surface area (TPSA) is 52.6 Å². The molecule has 1 aromatic carbocycles. The van der Waals surface area contributed by atoms with E-state index in [-0.39, 0.29) is 17.4 Å². The predicted octanol–water partition coefficient (Wildman–Crippen LogP) is 6.07. The summed E-state index contributed by atoms with van der Waals surface area (Å²) in [5.41, 5.74) is 0.0716. The Morgan fingerprint density at radius 1 is 0.808 bits per heavy atom. The average Bonchev–Trinajstić information content (AvgIpc) is 2.57. The molecule has 0 amide bonds. The van der Waals surface area contributed by atoms with Crippen molar-refractivity contribution in [3.05, 3.63) is 24.3 Å². The van der Waals surface area contributed by atoms with E-state index >= 15 is 0 Å². The molecule has 0 radical (unpaired) electrons. The van der Waals surface area contributed by atoms with Crippen molar-refractivity contribution in [3.63, 3.8) is 0 Å². The first-order valence-electron chi connectivity index (χ1n) is 9.82. The molecule has 0 bridgehead atoms. The number of para-hydroxylation sites is 2. The Balaban J connectivity index is 2.45. The maximum absolute atomic E-state index is 12.0. The van der Waals surface area contributed by atoms with Gasteiger partial charge in [0.1, 0.15) is 0 Å². The zero-order valence-corrected chi connectivity index (χ0v) is 16.8. The smallest absolute Gasteiger partial charge is 0.311 e. The Morgan fingerprint density at radius 2 is 1.31 bits per heavy atom. The van der Waals surface area contributed by atoms with Crippen LogP contribution in [0.25, 0.3) is 0 Å². The minimum absolute atomic E-state index is 0.0716. The molecule has 1 rings (SSSR count). The molecule has 26 heavy (non-hydrogen) atoms. The summed E-state index contributed by atoms with van der Waals surface area (Å²) in [4.78, 5) is 24.1. The molecule has 146 valence electrons. The van der Waals surface area contributed by atoms with Crippen molar-refractivity contribution in [1.82, 2.24) is 0 Å². The summed E-state index contributed by atoms with van der Waals surface area (Å²) < 4.78 is 10.8. The van der Waals surface area contributed by atoms with Gasteiger partial charge in [-0.3, -0.25) is 9.59 Å². The molecule has 0 saturated carbocycles. The van der Waals surface area contributed by atoms with Gasteiger partial charge in [0, 0.05) is 12.8 Å². The first-order valence-corrected chi connectivity index (χ1v) is 9.82. The Morgan fingerprint density at radius 3 is 1.85 bits per heavy atom. The van der Waals surface area contributed by atoms with E-state index in [2.05, 4.69) is 27.7 Å². The molecular weight excluding hydrogens is 328 g/mol. The summed E-state index contributed by atoms with van der Waals surface area (Å²) in [6.45, 7) is 8.43. The third-order valence-electron chi connectivity index (χ3n) is 4.11. The molecule has 4 nitrogen and oxygen atoms in total. The van der Waals surface area contributed by atoms with Crippen LogP contribution in [0.3, 0.4) is 0 Å². The molecule has 0 saturated heterocycles. The molecular formula is C22H34O4. The molecule has 0 aliphatic carbocycles. The highest BCUT2D eigenvalue weighted by Gasteiger charge is 2.16. The first-order chi connectivity index (χ1) is 12.3. The van der Waals surface area contributed by atoms with Gasteiger partial charge < -0.3 is 9.47 Å². The lowest BCUT2D eigenvalue weighted by Gasteiger charge is -2.17. The number of carbonyl (C=O) groups is 2. The second-order valence-electron chi connectivity index (χ2n) is 7.97. The van der Waals surface area contributed by atoms with Gasteiger partial charge in [-0.25, -0.2) is 0 Å². The number of ether oxygens (including phenoxy) is 2. The van der Waals surface area contributed by atoms with Crippen molar-refractivity contribution in [1.29, 1.82) is 0 Å².